The zero-order valence-electron chi connectivity index (χ0n) is 14.4. The van der Waals surface area contributed by atoms with Crippen LogP contribution in [0.15, 0.2) is 48.5 Å². The number of hydrogen-bond acceptors (Lipinski definition) is 3. The van der Waals surface area contributed by atoms with Crippen molar-refractivity contribution in [2.24, 2.45) is 0 Å². The van der Waals surface area contributed by atoms with E-state index in [1.165, 1.54) is 6.08 Å². The lowest BCUT2D eigenvalue weighted by Crippen LogP contribution is -2.39. The molecule has 2 aromatic rings. The molecule has 1 aliphatic rings. The minimum atomic E-state index is -0.259. The first kappa shape index (κ1) is 18.0. The van der Waals surface area contributed by atoms with Crippen molar-refractivity contribution >= 4 is 40.9 Å². The van der Waals surface area contributed by atoms with Gasteiger partial charge in [0.1, 0.15) is 5.75 Å². The highest BCUT2D eigenvalue weighted by Gasteiger charge is 2.25. The number of amides is 2. The monoisotopic (exact) mass is 370 g/mol. The molecule has 0 aromatic heterocycles. The van der Waals surface area contributed by atoms with Gasteiger partial charge in [-0.1, -0.05) is 30.7 Å². The number of anilines is 2. The highest BCUT2D eigenvalue weighted by molar-refractivity contribution is 6.30. The van der Waals surface area contributed by atoms with E-state index in [4.69, 9.17) is 16.3 Å². The van der Waals surface area contributed by atoms with Crippen LogP contribution in [0.4, 0.5) is 11.4 Å². The first-order chi connectivity index (χ1) is 12.6. The summed E-state index contributed by atoms with van der Waals surface area (Å²) in [7, 11) is 0. The molecule has 1 N–H and O–H groups in total. The zero-order chi connectivity index (χ0) is 18.5. The van der Waals surface area contributed by atoms with Crippen LogP contribution in [-0.2, 0) is 9.59 Å². The number of nitrogens with one attached hydrogen (secondary N) is 1. The lowest BCUT2D eigenvalue weighted by Gasteiger charge is -2.29. The predicted molar refractivity (Wildman–Crippen MR) is 104 cm³/mol. The lowest BCUT2D eigenvalue weighted by atomic mass is 10.2. The molecule has 0 spiro atoms. The second-order valence-corrected chi connectivity index (χ2v) is 6.33. The van der Waals surface area contributed by atoms with Gasteiger partial charge in [0, 0.05) is 23.3 Å². The molecule has 1 heterocycles. The Labute approximate surface area is 157 Å². The first-order valence-corrected chi connectivity index (χ1v) is 8.76. The predicted octanol–water partition coefficient (Wildman–Crippen LogP) is 4.13. The van der Waals surface area contributed by atoms with Gasteiger partial charge in [-0.05, 0) is 48.4 Å². The Morgan fingerprint density at radius 1 is 1.27 bits per heavy atom. The Morgan fingerprint density at radius 2 is 2.04 bits per heavy atom. The minimum absolute atomic E-state index is 0.0442. The molecule has 0 unspecified atom stereocenters. The van der Waals surface area contributed by atoms with E-state index >= 15 is 0 Å². The molecule has 1 aliphatic heterocycles. The number of hydrogen-bond donors (Lipinski definition) is 1. The van der Waals surface area contributed by atoms with E-state index in [-0.39, 0.29) is 18.4 Å². The lowest BCUT2D eigenvalue weighted by molar-refractivity contribution is -0.121. The third-order valence-electron chi connectivity index (χ3n) is 3.91. The van der Waals surface area contributed by atoms with Crippen LogP contribution >= 0.6 is 11.6 Å². The summed E-state index contributed by atoms with van der Waals surface area (Å²) in [6.45, 7) is 2.67. The molecule has 5 nitrogen and oxygen atoms in total. The van der Waals surface area contributed by atoms with Gasteiger partial charge in [-0.2, -0.15) is 0 Å². The minimum Gasteiger partial charge on any atom is -0.482 e. The smallest absolute Gasteiger partial charge is 0.265 e. The van der Waals surface area contributed by atoms with E-state index in [0.717, 1.165) is 12.0 Å². The largest absolute Gasteiger partial charge is 0.482 e. The molecule has 0 fully saturated rings. The van der Waals surface area contributed by atoms with Crippen LogP contribution in [0.1, 0.15) is 18.9 Å². The number of nitrogens with zero attached hydrogens (tertiary/aromatic N) is 1. The number of rotatable bonds is 5. The van der Waals surface area contributed by atoms with Crippen molar-refractivity contribution in [3.63, 3.8) is 0 Å². The van der Waals surface area contributed by atoms with Crippen molar-refractivity contribution < 1.29 is 14.3 Å². The van der Waals surface area contributed by atoms with Crippen molar-refractivity contribution in [2.45, 2.75) is 13.3 Å². The van der Waals surface area contributed by atoms with Gasteiger partial charge in [0.25, 0.3) is 5.91 Å². The summed E-state index contributed by atoms with van der Waals surface area (Å²) in [6.07, 6.45) is 4.00. The van der Waals surface area contributed by atoms with Gasteiger partial charge in [0.05, 0.1) is 5.69 Å². The van der Waals surface area contributed by atoms with Gasteiger partial charge in [-0.3, -0.25) is 9.59 Å². The molecule has 0 atom stereocenters. The number of ether oxygens (including phenoxy) is 1. The van der Waals surface area contributed by atoms with Crippen LogP contribution < -0.4 is 15.0 Å². The average Bonchev–Trinajstić information content (AvgIpc) is 2.64. The molecule has 0 radical (unpaired) electrons. The van der Waals surface area contributed by atoms with Crippen molar-refractivity contribution in [2.75, 3.05) is 23.4 Å². The number of benzene rings is 2. The molecule has 2 amide bonds. The van der Waals surface area contributed by atoms with Gasteiger partial charge in [-0.15, -0.1) is 0 Å². The van der Waals surface area contributed by atoms with Crippen LogP contribution in [0.3, 0.4) is 0 Å². The summed E-state index contributed by atoms with van der Waals surface area (Å²) < 4.78 is 5.46. The molecule has 26 heavy (non-hydrogen) atoms. The zero-order valence-corrected chi connectivity index (χ0v) is 15.1. The van der Waals surface area contributed by atoms with Crippen molar-refractivity contribution in [1.29, 1.82) is 0 Å². The van der Waals surface area contributed by atoms with Crippen LogP contribution in [-0.4, -0.2) is 25.0 Å². The van der Waals surface area contributed by atoms with Gasteiger partial charge in [0.15, 0.2) is 6.61 Å². The first-order valence-electron chi connectivity index (χ1n) is 8.38. The average molecular weight is 371 g/mol. The maximum absolute atomic E-state index is 12.2. The van der Waals surface area contributed by atoms with Crippen LogP contribution in [0.25, 0.3) is 6.08 Å². The topological polar surface area (TPSA) is 58.6 Å². The summed E-state index contributed by atoms with van der Waals surface area (Å²) in [5, 5.41) is 3.45. The normalized spacial score (nSPS) is 13.5. The number of halogens is 1. The summed E-state index contributed by atoms with van der Waals surface area (Å²) in [5.41, 5.74) is 2.17. The summed E-state index contributed by atoms with van der Waals surface area (Å²) >= 11 is 5.84. The maximum Gasteiger partial charge on any atom is 0.265 e. The van der Waals surface area contributed by atoms with E-state index in [1.54, 1.807) is 41.3 Å². The maximum atomic E-state index is 12.2. The van der Waals surface area contributed by atoms with Crippen LogP contribution in [0, 0.1) is 0 Å². The second-order valence-electron chi connectivity index (χ2n) is 5.89. The van der Waals surface area contributed by atoms with Gasteiger partial charge in [0.2, 0.25) is 5.91 Å². The van der Waals surface area contributed by atoms with Gasteiger partial charge >= 0.3 is 0 Å². The second kappa shape index (κ2) is 8.06. The number of fused-ring (bicyclic) bond motifs is 1. The molecule has 2 aromatic carbocycles. The highest BCUT2D eigenvalue weighted by Crippen LogP contribution is 2.34. The standard InChI is InChI=1S/C20H19ClN2O3/c1-2-11-23-17-12-16(8-9-18(17)26-13-20(23)25)22-19(24)10-5-14-3-6-15(21)7-4-14/h3-10,12H,2,11,13H2,1H3,(H,22,24)/b10-5+. The van der Waals surface area contributed by atoms with Crippen LogP contribution in [0.2, 0.25) is 5.02 Å². The summed E-state index contributed by atoms with van der Waals surface area (Å²) in [5.74, 6) is 0.309. The molecule has 134 valence electrons. The van der Waals surface area contributed by atoms with E-state index in [2.05, 4.69) is 5.32 Å². The fourth-order valence-corrected chi connectivity index (χ4v) is 2.80. The van der Waals surface area contributed by atoms with E-state index in [0.29, 0.717) is 28.7 Å². The van der Waals surface area contributed by atoms with Gasteiger partial charge < -0.3 is 15.0 Å². The van der Waals surface area contributed by atoms with Gasteiger partial charge in [-0.25, -0.2) is 0 Å². The Bertz CT molecular complexity index is 847. The quantitative estimate of drug-likeness (QED) is 0.805. The van der Waals surface area contributed by atoms with Crippen molar-refractivity contribution in [3.8, 4) is 5.75 Å². The molecule has 6 heteroatoms. The Morgan fingerprint density at radius 3 is 2.77 bits per heavy atom. The Hall–Kier alpha value is -2.79. The van der Waals surface area contributed by atoms with E-state index < -0.39 is 0 Å². The van der Waals surface area contributed by atoms with Crippen LogP contribution in [0.5, 0.6) is 5.75 Å². The fourth-order valence-electron chi connectivity index (χ4n) is 2.68. The molecular formula is C20H19ClN2O3. The fraction of sp³-hybridized carbons (Fsp3) is 0.200. The summed E-state index contributed by atoms with van der Waals surface area (Å²) in [6, 6.07) is 12.5. The van der Waals surface area contributed by atoms with E-state index in [9.17, 15) is 9.59 Å². The SMILES string of the molecule is CCCN1C(=O)COc2ccc(NC(=O)/C=C/c3ccc(Cl)cc3)cc21. The molecule has 3 rings (SSSR count). The van der Waals surface area contributed by atoms with Crippen molar-refractivity contribution in [3.05, 3.63) is 59.1 Å². The van der Waals surface area contributed by atoms with E-state index in [1.807, 2.05) is 19.1 Å². The molecule has 0 saturated carbocycles. The molecule has 0 bridgehead atoms. The Balaban J connectivity index is 1.73. The molecule has 0 saturated heterocycles. The molecule has 0 aliphatic carbocycles. The third-order valence-corrected chi connectivity index (χ3v) is 4.17. The third kappa shape index (κ3) is 4.24. The highest BCUT2D eigenvalue weighted by atomic mass is 35.5. The Kier molecular flexibility index (Phi) is 5.58. The number of carbonyl (C=O) groups is 2. The summed E-state index contributed by atoms with van der Waals surface area (Å²) in [4.78, 5) is 25.9. The molecular weight excluding hydrogens is 352 g/mol. The van der Waals surface area contributed by atoms with Crippen molar-refractivity contribution in [1.82, 2.24) is 0 Å². The number of carbonyl (C=O) groups excluding carboxylic acids is 2.